The molecule has 2 heterocycles. The lowest BCUT2D eigenvalue weighted by Gasteiger charge is -2.17. The number of aromatic nitrogens is 2. The van der Waals surface area contributed by atoms with Crippen LogP contribution in [0.25, 0.3) is 10.9 Å². The fourth-order valence-electron chi connectivity index (χ4n) is 1.74. The van der Waals surface area contributed by atoms with Gasteiger partial charge in [0.2, 0.25) is 0 Å². The third-order valence-electron chi connectivity index (χ3n) is 2.51. The molecule has 0 spiro atoms. The van der Waals surface area contributed by atoms with Gasteiger partial charge in [-0.3, -0.25) is 4.98 Å². The Labute approximate surface area is 84.4 Å². The van der Waals surface area contributed by atoms with Crippen molar-refractivity contribution in [2.24, 2.45) is 0 Å². The van der Waals surface area contributed by atoms with Crippen LogP contribution in [-0.4, -0.2) is 9.97 Å². The average molecular weight is 188 g/mol. The fourth-order valence-corrected chi connectivity index (χ4v) is 1.74. The van der Waals surface area contributed by atoms with Crippen molar-refractivity contribution in [3.63, 3.8) is 0 Å². The van der Waals surface area contributed by atoms with Gasteiger partial charge in [-0.05, 0) is 24.0 Å². The predicted octanol–water partition coefficient (Wildman–Crippen LogP) is 3.17. The summed E-state index contributed by atoms with van der Waals surface area (Å²) in [6, 6.07) is 2.09. The van der Waals surface area contributed by atoms with Crippen LogP contribution in [-0.2, 0) is 5.41 Å². The molecule has 2 nitrogen and oxygen atoms in total. The zero-order valence-corrected chi connectivity index (χ0v) is 9.18. The number of fused-ring (bicyclic) bond motifs is 1. The Kier molecular flexibility index (Phi) is 1.88. The van der Waals surface area contributed by atoms with Gasteiger partial charge in [0.05, 0.1) is 0 Å². The molecule has 0 saturated heterocycles. The first-order valence-electron chi connectivity index (χ1n) is 4.93. The highest BCUT2D eigenvalue weighted by molar-refractivity contribution is 5.83. The summed E-state index contributed by atoms with van der Waals surface area (Å²) in [5.41, 5.74) is 3.75. The van der Waals surface area contributed by atoms with E-state index in [9.17, 15) is 0 Å². The first kappa shape index (κ1) is 9.25. The Morgan fingerprint density at radius 1 is 1.29 bits per heavy atom. The fraction of sp³-hybridized carbons (Fsp3) is 0.417. The van der Waals surface area contributed by atoms with Crippen molar-refractivity contribution in [1.29, 1.82) is 0 Å². The van der Waals surface area contributed by atoms with Crippen LogP contribution in [0.1, 0.15) is 32.0 Å². The number of H-pyrrole nitrogens is 1. The maximum atomic E-state index is 4.33. The smallest absolute Gasteiger partial charge is 0.0490 e. The van der Waals surface area contributed by atoms with Crippen molar-refractivity contribution < 1.29 is 0 Å². The molecule has 0 saturated carbocycles. The lowest BCUT2D eigenvalue weighted by atomic mass is 9.87. The van der Waals surface area contributed by atoms with E-state index in [1.54, 1.807) is 0 Å². The number of pyridine rings is 1. The molecule has 0 aromatic carbocycles. The summed E-state index contributed by atoms with van der Waals surface area (Å²) >= 11 is 0. The number of aryl methyl sites for hydroxylation is 1. The second kappa shape index (κ2) is 2.84. The normalized spacial score (nSPS) is 12.3. The number of hydrogen-bond donors (Lipinski definition) is 1. The summed E-state index contributed by atoms with van der Waals surface area (Å²) in [7, 11) is 0. The minimum Gasteiger partial charge on any atom is -0.361 e. The monoisotopic (exact) mass is 188 g/mol. The van der Waals surface area contributed by atoms with Crippen LogP contribution in [0.3, 0.4) is 0 Å². The Morgan fingerprint density at radius 3 is 2.64 bits per heavy atom. The molecule has 14 heavy (non-hydrogen) atoms. The van der Waals surface area contributed by atoms with E-state index in [0.29, 0.717) is 0 Å². The van der Waals surface area contributed by atoms with Gasteiger partial charge in [0.15, 0.2) is 0 Å². The van der Waals surface area contributed by atoms with Crippen molar-refractivity contribution >= 4 is 10.9 Å². The van der Waals surface area contributed by atoms with Crippen molar-refractivity contribution in [2.75, 3.05) is 0 Å². The number of nitrogens with zero attached hydrogens (tertiary/aromatic N) is 1. The maximum Gasteiger partial charge on any atom is 0.0490 e. The van der Waals surface area contributed by atoms with Crippen LogP contribution in [0, 0.1) is 6.92 Å². The highest BCUT2D eigenvalue weighted by Crippen LogP contribution is 2.29. The van der Waals surface area contributed by atoms with E-state index in [1.165, 1.54) is 16.5 Å². The Bertz CT molecular complexity index is 461. The Balaban J connectivity index is 2.70. The first-order chi connectivity index (χ1) is 6.48. The lowest BCUT2D eigenvalue weighted by Crippen LogP contribution is -2.09. The number of rotatable bonds is 0. The zero-order valence-electron chi connectivity index (χ0n) is 9.18. The predicted molar refractivity (Wildman–Crippen MR) is 59.5 cm³/mol. The summed E-state index contributed by atoms with van der Waals surface area (Å²) in [6.07, 6.45) is 4.05. The quantitative estimate of drug-likeness (QED) is 0.676. The standard InChI is InChI=1S/C12H16N2/c1-8-5-11-9(6-13-8)10(7-14-11)12(2,3)4/h5-7,14H,1-4H3. The largest absolute Gasteiger partial charge is 0.361 e. The molecule has 0 aliphatic carbocycles. The second-order valence-electron chi connectivity index (χ2n) is 4.82. The summed E-state index contributed by atoms with van der Waals surface area (Å²) in [5.74, 6) is 0. The molecule has 0 radical (unpaired) electrons. The van der Waals surface area contributed by atoms with E-state index in [-0.39, 0.29) is 5.41 Å². The molecule has 0 fully saturated rings. The number of nitrogens with one attached hydrogen (secondary N) is 1. The first-order valence-corrected chi connectivity index (χ1v) is 4.93. The van der Waals surface area contributed by atoms with Gasteiger partial charge in [-0.1, -0.05) is 20.8 Å². The molecule has 0 unspecified atom stereocenters. The molecule has 0 aliphatic rings. The van der Waals surface area contributed by atoms with E-state index in [0.717, 1.165) is 5.69 Å². The third kappa shape index (κ3) is 1.41. The highest BCUT2D eigenvalue weighted by Gasteiger charge is 2.17. The van der Waals surface area contributed by atoms with Gasteiger partial charge in [0, 0.05) is 29.0 Å². The molecule has 2 heteroatoms. The maximum absolute atomic E-state index is 4.33. The Hall–Kier alpha value is -1.31. The molecule has 2 aromatic rings. The highest BCUT2D eigenvalue weighted by atomic mass is 14.7. The molecule has 0 bridgehead atoms. The van der Waals surface area contributed by atoms with Crippen LogP contribution in [0.15, 0.2) is 18.5 Å². The molecule has 1 N–H and O–H groups in total. The molecular formula is C12H16N2. The SMILES string of the molecule is Cc1cc2[nH]cc(C(C)(C)C)c2cn1. The molecule has 0 atom stereocenters. The van der Waals surface area contributed by atoms with Crippen LogP contribution in [0.5, 0.6) is 0 Å². The van der Waals surface area contributed by atoms with Gasteiger partial charge in [-0.2, -0.15) is 0 Å². The van der Waals surface area contributed by atoms with Crippen LogP contribution >= 0.6 is 0 Å². The van der Waals surface area contributed by atoms with Gasteiger partial charge < -0.3 is 4.98 Å². The summed E-state index contributed by atoms with van der Waals surface area (Å²) in [4.78, 5) is 7.63. The zero-order chi connectivity index (χ0) is 10.3. The summed E-state index contributed by atoms with van der Waals surface area (Å²) in [5, 5.41) is 1.24. The number of aromatic amines is 1. The van der Waals surface area contributed by atoms with Crippen LogP contribution in [0.4, 0.5) is 0 Å². The van der Waals surface area contributed by atoms with Gasteiger partial charge in [0.25, 0.3) is 0 Å². The molecule has 74 valence electrons. The summed E-state index contributed by atoms with van der Waals surface area (Å²) in [6.45, 7) is 8.66. The van der Waals surface area contributed by atoms with Gasteiger partial charge in [-0.15, -0.1) is 0 Å². The second-order valence-corrected chi connectivity index (χ2v) is 4.82. The minimum atomic E-state index is 0.176. The molecule has 0 aliphatic heterocycles. The molecular weight excluding hydrogens is 172 g/mol. The lowest BCUT2D eigenvalue weighted by molar-refractivity contribution is 0.595. The van der Waals surface area contributed by atoms with E-state index in [1.807, 2.05) is 13.1 Å². The minimum absolute atomic E-state index is 0.176. The van der Waals surface area contributed by atoms with Crippen molar-refractivity contribution in [3.05, 3.63) is 29.7 Å². The van der Waals surface area contributed by atoms with E-state index in [2.05, 4.69) is 43.0 Å². The molecule has 0 amide bonds. The Morgan fingerprint density at radius 2 is 2.00 bits per heavy atom. The number of hydrogen-bond acceptors (Lipinski definition) is 1. The summed E-state index contributed by atoms with van der Waals surface area (Å²) < 4.78 is 0. The van der Waals surface area contributed by atoms with E-state index < -0.39 is 0 Å². The average Bonchev–Trinajstić information content (AvgIpc) is 2.45. The van der Waals surface area contributed by atoms with E-state index >= 15 is 0 Å². The topological polar surface area (TPSA) is 28.7 Å². The third-order valence-corrected chi connectivity index (χ3v) is 2.51. The van der Waals surface area contributed by atoms with Crippen LogP contribution in [0.2, 0.25) is 0 Å². The van der Waals surface area contributed by atoms with E-state index in [4.69, 9.17) is 0 Å². The molecule has 2 aromatic heterocycles. The van der Waals surface area contributed by atoms with Crippen molar-refractivity contribution in [1.82, 2.24) is 9.97 Å². The molecule has 2 rings (SSSR count). The van der Waals surface area contributed by atoms with Gasteiger partial charge in [0.1, 0.15) is 0 Å². The van der Waals surface area contributed by atoms with Crippen LogP contribution < -0.4 is 0 Å². The van der Waals surface area contributed by atoms with Crippen molar-refractivity contribution in [3.8, 4) is 0 Å². The van der Waals surface area contributed by atoms with Crippen molar-refractivity contribution in [2.45, 2.75) is 33.1 Å². The van der Waals surface area contributed by atoms with Gasteiger partial charge in [-0.25, -0.2) is 0 Å². The van der Waals surface area contributed by atoms with Gasteiger partial charge >= 0.3 is 0 Å².